The van der Waals surface area contributed by atoms with Crippen LogP contribution in [0.2, 0.25) is 0 Å². The lowest BCUT2D eigenvalue weighted by Crippen LogP contribution is -2.34. The summed E-state index contributed by atoms with van der Waals surface area (Å²) >= 11 is 0. The average Bonchev–Trinajstić information content (AvgIpc) is 2.85. The highest BCUT2D eigenvalue weighted by molar-refractivity contribution is 5.94. The van der Waals surface area contributed by atoms with Gasteiger partial charge in [0.1, 0.15) is 5.75 Å². The van der Waals surface area contributed by atoms with Crippen molar-refractivity contribution in [1.82, 2.24) is 4.90 Å². The van der Waals surface area contributed by atoms with Crippen molar-refractivity contribution in [3.63, 3.8) is 0 Å². The minimum Gasteiger partial charge on any atom is -0.467 e. The first-order valence-corrected chi connectivity index (χ1v) is 9.76. The number of aryl methyl sites for hydroxylation is 1. The molecule has 1 amide bonds. The van der Waals surface area contributed by atoms with Crippen LogP contribution in [0.5, 0.6) is 5.75 Å². The predicted molar refractivity (Wildman–Crippen MR) is 105 cm³/mol. The third-order valence-corrected chi connectivity index (χ3v) is 5.87. The highest BCUT2D eigenvalue weighted by atomic mass is 16.7. The van der Waals surface area contributed by atoms with E-state index in [-0.39, 0.29) is 37.6 Å². The molecule has 0 radical (unpaired) electrons. The maximum absolute atomic E-state index is 12.6. The fourth-order valence-electron chi connectivity index (χ4n) is 4.70. The smallest absolute Gasteiger partial charge is 0.270 e. The van der Waals surface area contributed by atoms with Gasteiger partial charge in [-0.3, -0.25) is 19.8 Å². The molecule has 2 heterocycles. The summed E-state index contributed by atoms with van der Waals surface area (Å²) < 4.78 is 11.0. The highest BCUT2D eigenvalue weighted by Crippen LogP contribution is 2.42. The molecule has 2 aliphatic heterocycles. The Balaban J connectivity index is 1.56. The van der Waals surface area contributed by atoms with E-state index in [1.807, 2.05) is 12.1 Å². The number of hydrogen-bond donors (Lipinski definition) is 1. The molecule has 29 heavy (non-hydrogen) atoms. The molecule has 0 aromatic heterocycles. The van der Waals surface area contributed by atoms with Gasteiger partial charge >= 0.3 is 0 Å². The van der Waals surface area contributed by atoms with E-state index in [1.165, 1.54) is 17.2 Å². The fourth-order valence-corrected chi connectivity index (χ4v) is 4.70. The van der Waals surface area contributed by atoms with E-state index in [0.29, 0.717) is 17.9 Å². The van der Waals surface area contributed by atoms with Crippen molar-refractivity contribution in [2.75, 3.05) is 18.7 Å². The molecule has 2 aromatic rings. The number of nitro benzene ring substituents is 1. The first-order chi connectivity index (χ1) is 14.1. The number of non-ortho nitro benzene ring substituents is 1. The summed E-state index contributed by atoms with van der Waals surface area (Å²) in [5.41, 5.74) is 4.72. The van der Waals surface area contributed by atoms with Crippen molar-refractivity contribution in [2.24, 2.45) is 0 Å². The van der Waals surface area contributed by atoms with Gasteiger partial charge in [0, 0.05) is 41.5 Å². The number of nitro groups is 1. The van der Waals surface area contributed by atoms with E-state index in [9.17, 15) is 14.9 Å². The number of rotatable bonds is 3. The number of hydrogen-bond acceptors (Lipinski definition) is 6. The lowest BCUT2D eigenvalue weighted by molar-refractivity contribution is -0.385. The van der Waals surface area contributed by atoms with Crippen molar-refractivity contribution in [1.29, 1.82) is 0 Å². The Bertz CT molecular complexity index is 1010. The van der Waals surface area contributed by atoms with Gasteiger partial charge in [-0.05, 0) is 36.5 Å². The molecule has 150 valence electrons. The summed E-state index contributed by atoms with van der Waals surface area (Å²) in [7, 11) is 0. The molecule has 1 N–H and O–H groups in total. The summed E-state index contributed by atoms with van der Waals surface area (Å²) in [6.45, 7) is 1.03. The standard InChI is InChI=1S/C21H21N3O5/c25-19-10-23(18-6-2-4-13-3-1-5-17(22-19)20(13)18)9-14-7-16(24(26)27)8-15-11-28-12-29-21(14)15/h1,3,5,7-8,18H,2,4,6,9-12H2,(H,22,25). The van der Waals surface area contributed by atoms with Crippen LogP contribution in [0.4, 0.5) is 11.4 Å². The van der Waals surface area contributed by atoms with Gasteiger partial charge in [0.05, 0.1) is 18.1 Å². The van der Waals surface area contributed by atoms with Crippen molar-refractivity contribution in [3.05, 3.63) is 62.7 Å². The van der Waals surface area contributed by atoms with E-state index in [4.69, 9.17) is 9.47 Å². The van der Waals surface area contributed by atoms with Crippen LogP contribution in [0, 0.1) is 10.1 Å². The average molecular weight is 395 g/mol. The predicted octanol–water partition coefficient (Wildman–Crippen LogP) is 3.29. The molecule has 8 nitrogen and oxygen atoms in total. The Kier molecular flexibility index (Phi) is 4.44. The molecule has 0 fully saturated rings. The van der Waals surface area contributed by atoms with Crippen LogP contribution >= 0.6 is 0 Å². The maximum Gasteiger partial charge on any atom is 0.270 e. The molecule has 2 aromatic carbocycles. The van der Waals surface area contributed by atoms with E-state index in [0.717, 1.165) is 30.5 Å². The van der Waals surface area contributed by atoms with Crippen molar-refractivity contribution >= 4 is 17.3 Å². The second-order valence-electron chi connectivity index (χ2n) is 7.70. The van der Waals surface area contributed by atoms with E-state index < -0.39 is 4.92 Å². The molecular formula is C21H21N3O5. The molecule has 1 unspecified atom stereocenters. The first kappa shape index (κ1) is 18.1. The van der Waals surface area contributed by atoms with Gasteiger partial charge in [0.25, 0.3) is 5.69 Å². The summed E-state index contributed by atoms with van der Waals surface area (Å²) in [4.78, 5) is 25.7. The molecule has 1 aliphatic carbocycles. The molecule has 3 aliphatic rings. The van der Waals surface area contributed by atoms with Gasteiger partial charge in [-0.25, -0.2) is 0 Å². The van der Waals surface area contributed by atoms with Crippen LogP contribution in [0.1, 0.15) is 41.1 Å². The third kappa shape index (κ3) is 3.24. The van der Waals surface area contributed by atoms with E-state index in [1.54, 1.807) is 6.07 Å². The number of carbonyl (C=O) groups excluding carboxylic acids is 1. The molecule has 0 bridgehead atoms. The Morgan fingerprint density at radius 1 is 1.28 bits per heavy atom. The molecule has 8 heteroatoms. The van der Waals surface area contributed by atoms with E-state index >= 15 is 0 Å². The fraction of sp³-hybridized carbons (Fsp3) is 0.381. The first-order valence-electron chi connectivity index (χ1n) is 9.76. The van der Waals surface area contributed by atoms with Gasteiger partial charge in [0.2, 0.25) is 5.91 Å². The van der Waals surface area contributed by atoms with Crippen molar-refractivity contribution < 1.29 is 19.2 Å². The summed E-state index contributed by atoms with van der Waals surface area (Å²) in [6.07, 6.45) is 2.99. The van der Waals surface area contributed by atoms with Gasteiger partial charge in [-0.1, -0.05) is 12.1 Å². The van der Waals surface area contributed by atoms with Crippen LogP contribution in [0.15, 0.2) is 30.3 Å². The van der Waals surface area contributed by atoms with Gasteiger partial charge < -0.3 is 14.8 Å². The zero-order valence-electron chi connectivity index (χ0n) is 15.8. The largest absolute Gasteiger partial charge is 0.467 e. The Morgan fingerprint density at radius 3 is 3.03 bits per heavy atom. The Morgan fingerprint density at radius 2 is 2.17 bits per heavy atom. The molecule has 0 saturated carbocycles. The minimum atomic E-state index is -0.401. The van der Waals surface area contributed by atoms with Crippen LogP contribution < -0.4 is 10.1 Å². The zero-order chi connectivity index (χ0) is 20.0. The number of fused-ring (bicyclic) bond motifs is 1. The van der Waals surface area contributed by atoms with Crippen LogP contribution in [-0.4, -0.2) is 29.1 Å². The molecule has 5 rings (SSSR count). The second kappa shape index (κ2) is 7.13. The normalized spacial score (nSPS) is 20.7. The number of nitrogens with one attached hydrogen (secondary N) is 1. The minimum absolute atomic E-state index is 0.0110. The molecule has 0 saturated heterocycles. The van der Waals surface area contributed by atoms with Gasteiger partial charge in [-0.2, -0.15) is 0 Å². The SMILES string of the molecule is O=C1CN(Cc2cc([N+](=O)[O-])cc3c2OCOC3)C2CCCc3cccc(c32)N1. The van der Waals surface area contributed by atoms with Crippen molar-refractivity contribution in [3.8, 4) is 5.75 Å². The zero-order valence-corrected chi connectivity index (χ0v) is 15.8. The number of amides is 1. The molecule has 1 atom stereocenters. The number of anilines is 1. The number of carbonyl (C=O) groups is 1. The number of benzene rings is 2. The van der Waals surface area contributed by atoms with Gasteiger partial charge in [-0.15, -0.1) is 0 Å². The third-order valence-electron chi connectivity index (χ3n) is 5.87. The van der Waals surface area contributed by atoms with Crippen molar-refractivity contribution in [2.45, 2.75) is 38.5 Å². The highest BCUT2D eigenvalue weighted by Gasteiger charge is 2.34. The van der Waals surface area contributed by atoms with E-state index in [2.05, 4.69) is 16.3 Å². The quantitative estimate of drug-likeness (QED) is 0.633. The summed E-state index contributed by atoms with van der Waals surface area (Å²) in [6, 6.07) is 9.20. The second-order valence-corrected chi connectivity index (χ2v) is 7.70. The Hall–Kier alpha value is -2.97. The maximum atomic E-state index is 12.6. The topological polar surface area (TPSA) is 93.9 Å². The van der Waals surface area contributed by atoms with Gasteiger partial charge in [0.15, 0.2) is 6.79 Å². The number of ether oxygens (including phenoxy) is 2. The van der Waals surface area contributed by atoms with Crippen LogP contribution in [-0.2, 0) is 29.1 Å². The molecule has 0 spiro atoms. The Labute approximate surface area is 167 Å². The van der Waals surface area contributed by atoms with Crippen LogP contribution in [0.3, 0.4) is 0 Å². The monoisotopic (exact) mass is 395 g/mol. The summed E-state index contributed by atoms with van der Waals surface area (Å²) in [5, 5.41) is 14.5. The lowest BCUT2D eigenvalue weighted by atomic mass is 9.85. The molecular weight excluding hydrogens is 374 g/mol. The van der Waals surface area contributed by atoms with Crippen LogP contribution in [0.25, 0.3) is 0 Å². The number of nitrogens with zero attached hydrogens (tertiary/aromatic N) is 2. The lowest BCUT2D eigenvalue weighted by Gasteiger charge is -2.34. The summed E-state index contributed by atoms with van der Waals surface area (Å²) in [5.74, 6) is 0.562.